The SMILES string of the molecule is C=CCOC(=O)NCCCN(CCCN(CCCCCNC(=O)[C@H](CC(N)=O)NC(=O)OC(C)(C)C)S(=O)(=O)c1ccccc1[N+](=O)[O-])S(=O)(=O)c1ccccc1[N+](=O)[O-]. The average Bonchev–Trinajstić information content (AvgIpc) is 3.16. The van der Waals surface area contributed by atoms with E-state index in [0.29, 0.717) is 6.42 Å². The van der Waals surface area contributed by atoms with Gasteiger partial charge in [0.2, 0.25) is 31.9 Å². The minimum Gasteiger partial charge on any atom is -0.445 e. The van der Waals surface area contributed by atoms with Gasteiger partial charge in [-0.2, -0.15) is 8.61 Å². The van der Waals surface area contributed by atoms with Crippen LogP contribution in [0, 0.1) is 20.2 Å². The quantitative estimate of drug-likeness (QED) is 0.0457. The van der Waals surface area contributed by atoms with Crippen molar-refractivity contribution in [3.05, 3.63) is 81.4 Å². The lowest BCUT2D eigenvalue weighted by molar-refractivity contribution is -0.388. The third-order valence-electron chi connectivity index (χ3n) is 8.16. The number of hydrogen-bond acceptors (Lipinski definition) is 14. The van der Waals surface area contributed by atoms with Crippen LogP contribution in [0.15, 0.2) is 71.0 Å². The number of primary amides is 1. The van der Waals surface area contributed by atoms with Crippen molar-refractivity contribution < 1.29 is 55.3 Å². The summed E-state index contributed by atoms with van der Waals surface area (Å²) in [7, 11) is -9.14. The number of rotatable bonds is 26. The van der Waals surface area contributed by atoms with E-state index in [-0.39, 0.29) is 71.6 Å². The summed E-state index contributed by atoms with van der Waals surface area (Å²) < 4.78 is 67.6. The number of benzene rings is 2. The molecule has 2 aromatic rings. The van der Waals surface area contributed by atoms with Gasteiger partial charge in [0.1, 0.15) is 18.2 Å². The van der Waals surface area contributed by atoms with Crippen LogP contribution >= 0.6 is 0 Å². The smallest absolute Gasteiger partial charge is 0.408 e. The maximum absolute atomic E-state index is 14.0. The second-order valence-electron chi connectivity index (χ2n) is 14.0. The molecule has 0 spiro atoms. The minimum atomic E-state index is -4.57. The zero-order valence-corrected chi connectivity index (χ0v) is 35.2. The molecule has 0 radical (unpaired) electrons. The monoisotopic (exact) mass is 884 g/mol. The first-order valence-corrected chi connectivity index (χ1v) is 21.5. The normalized spacial score (nSPS) is 12.3. The highest BCUT2D eigenvalue weighted by molar-refractivity contribution is 7.89. The van der Waals surface area contributed by atoms with Crippen molar-refractivity contribution in [3.63, 3.8) is 0 Å². The number of carbonyl (C=O) groups is 4. The molecule has 1 atom stereocenters. The number of para-hydroxylation sites is 2. The van der Waals surface area contributed by atoms with Crippen molar-refractivity contribution in [1.29, 1.82) is 0 Å². The molecule has 5 N–H and O–H groups in total. The highest BCUT2D eigenvalue weighted by atomic mass is 32.2. The first-order chi connectivity index (χ1) is 28.1. The number of nitro groups is 2. The molecule has 2 aromatic carbocycles. The molecule has 0 saturated heterocycles. The van der Waals surface area contributed by atoms with E-state index < -0.39 is 93.1 Å². The molecule has 0 heterocycles. The summed E-state index contributed by atoms with van der Waals surface area (Å²) in [5, 5.41) is 30.9. The Bertz CT molecular complexity index is 2060. The molecular formula is C36H52N8O14S2. The van der Waals surface area contributed by atoms with Crippen LogP contribution in [-0.4, -0.2) is 117 Å². The van der Waals surface area contributed by atoms with Crippen molar-refractivity contribution in [2.24, 2.45) is 5.73 Å². The number of carbonyl (C=O) groups excluding carboxylic acids is 4. The number of nitrogens with two attached hydrogens (primary N) is 1. The van der Waals surface area contributed by atoms with Crippen molar-refractivity contribution in [1.82, 2.24) is 24.6 Å². The number of alkyl carbamates (subject to hydrolysis) is 2. The molecule has 0 aliphatic carbocycles. The molecule has 0 fully saturated rings. The topological polar surface area (TPSA) is 310 Å². The van der Waals surface area contributed by atoms with E-state index in [0.717, 1.165) is 32.9 Å². The van der Waals surface area contributed by atoms with Crippen LogP contribution in [0.5, 0.6) is 0 Å². The Morgan fingerprint density at radius 1 is 0.767 bits per heavy atom. The first kappa shape index (κ1) is 50.4. The van der Waals surface area contributed by atoms with Gasteiger partial charge in [-0.1, -0.05) is 43.3 Å². The van der Waals surface area contributed by atoms with Gasteiger partial charge in [0.25, 0.3) is 11.4 Å². The molecule has 0 bridgehead atoms. The summed E-state index contributed by atoms with van der Waals surface area (Å²) in [6.07, 6.45) is -0.265. The van der Waals surface area contributed by atoms with Crippen molar-refractivity contribution in [2.45, 2.75) is 80.7 Å². The highest BCUT2D eigenvalue weighted by Gasteiger charge is 2.34. The lowest BCUT2D eigenvalue weighted by atomic mass is 10.1. The summed E-state index contributed by atoms with van der Waals surface area (Å²) in [6, 6.07) is 8.07. The van der Waals surface area contributed by atoms with Crippen LogP contribution in [0.4, 0.5) is 21.0 Å². The van der Waals surface area contributed by atoms with Crippen LogP contribution in [-0.2, 0) is 39.1 Å². The predicted molar refractivity (Wildman–Crippen MR) is 216 cm³/mol. The van der Waals surface area contributed by atoms with E-state index in [1.54, 1.807) is 20.8 Å². The highest BCUT2D eigenvalue weighted by Crippen LogP contribution is 2.29. The van der Waals surface area contributed by atoms with Crippen molar-refractivity contribution in [2.75, 3.05) is 45.9 Å². The largest absolute Gasteiger partial charge is 0.445 e. The molecule has 22 nitrogen and oxygen atoms in total. The number of nitrogens with one attached hydrogen (secondary N) is 3. The number of amides is 4. The fraction of sp³-hybridized carbons (Fsp3) is 0.500. The number of nitro benzene ring substituents is 2. The Morgan fingerprint density at radius 3 is 1.73 bits per heavy atom. The summed E-state index contributed by atoms with van der Waals surface area (Å²) in [5.41, 5.74) is 2.99. The Morgan fingerprint density at radius 2 is 1.25 bits per heavy atom. The second kappa shape index (κ2) is 23.8. The van der Waals surface area contributed by atoms with Crippen LogP contribution < -0.4 is 21.7 Å². The van der Waals surface area contributed by atoms with E-state index in [1.165, 1.54) is 30.3 Å². The third kappa shape index (κ3) is 16.5. The molecule has 0 aliphatic heterocycles. The lowest BCUT2D eigenvalue weighted by Crippen LogP contribution is -2.50. The van der Waals surface area contributed by atoms with Crippen LogP contribution in [0.25, 0.3) is 0 Å². The molecule has 2 rings (SSSR count). The summed E-state index contributed by atoms with van der Waals surface area (Å²) >= 11 is 0. The second-order valence-corrected chi connectivity index (χ2v) is 17.8. The van der Waals surface area contributed by atoms with Crippen molar-refractivity contribution >= 4 is 55.4 Å². The molecule has 4 amide bonds. The van der Waals surface area contributed by atoms with E-state index in [9.17, 15) is 56.2 Å². The van der Waals surface area contributed by atoms with Crippen LogP contribution in [0.1, 0.15) is 59.3 Å². The maximum Gasteiger partial charge on any atom is 0.408 e. The molecule has 0 aliphatic rings. The molecule has 60 heavy (non-hydrogen) atoms. The zero-order valence-electron chi connectivity index (χ0n) is 33.6. The van der Waals surface area contributed by atoms with Gasteiger partial charge in [-0.15, -0.1) is 0 Å². The van der Waals surface area contributed by atoms with E-state index in [2.05, 4.69) is 22.5 Å². The molecular weight excluding hydrogens is 833 g/mol. The Kier molecular flexibility index (Phi) is 20.0. The van der Waals surface area contributed by atoms with Gasteiger partial charge in [-0.05, 0) is 58.6 Å². The van der Waals surface area contributed by atoms with Gasteiger partial charge in [0.05, 0.1) is 16.3 Å². The molecule has 24 heteroatoms. The van der Waals surface area contributed by atoms with E-state index >= 15 is 0 Å². The maximum atomic E-state index is 14.0. The summed E-state index contributed by atoms with van der Waals surface area (Å²) in [6.45, 7) is 7.04. The Labute approximate surface area is 348 Å². The van der Waals surface area contributed by atoms with Gasteiger partial charge < -0.3 is 31.2 Å². The van der Waals surface area contributed by atoms with Crippen LogP contribution in [0.2, 0.25) is 0 Å². The third-order valence-corrected chi connectivity index (χ3v) is 12.0. The first-order valence-electron chi connectivity index (χ1n) is 18.7. The van der Waals surface area contributed by atoms with Gasteiger partial charge in [-0.25, -0.2) is 26.4 Å². The van der Waals surface area contributed by atoms with Gasteiger partial charge in [-0.3, -0.25) is 29.8 Å². The summed E-state index contributed by atoms with van der Waals surface area (Å²) in [5.74, 6) is -1.57. The standard InChI is InChI=1S/C36H52N8O14S2/c1-5-25-57-34(47)39-20-13-22-42(60(55,56)31-18-10-8-16-29(31)44(51)52)24-14-23-41(59(53,54)30-17-9-7-15-28(30)43(49)50)21-12-6-11-19-38-33(46)27(26-32(37)45)40-35(48)58-36(2,3)4/h5,7-10,15-18,27H,1,6,11-14,19-26H2,2-4H3,(H2,37,45)(H,38,46)(H,39,47)(H,40,48)/t27-/m0/s1. The molecule has 332 valence electrons. The van der Waals surface area contributed by atoms with Gasteiger partial charge in [0.15, 0.2) is 9.79 Å². The fourth-order valence-electron chi connectivity index (χ4n) is 5.47. The minimum absolute atomic E-state index is 0.0259. The number of ether oxygens (including phenoxy) is 2. The lowest BCUT2D eigenvalue weighted by Gasteiger charge is -2.25. The number of hydrogen-bond donors (Lipinski definition) is 4. The molecule has 0 unspecified atom stereocenters. The molecule has 0 saturated carbocycles. The number of sulfonamides is 2. The number of nitrogens with zero attached hydrogens (tertiary/aromatic N) is 4. The molecule has 0 aromatic heterocycles. The predicted octanol–water partition coefficient (Wildman–Crippen LogP) is 2.93. The fourth-order valence-corrected chi connectivity index (χ4v) is 8.82. The van der Waals surface area contributed by atoms with E-state index in [4.69, 9.17) is 15.2 Å². The van der Waals surface area contributed by atoms with Gasteiger partial charge in [0, 0.05) is 51.4 Å². The summed E-state index contributed by atoms with van der Waals surface area (Å²) in [4.78, 5) is 69.1. The van der Waals surface area contributed by atoms with E-state index in [1.807, 2.05) is 0 Å². The Hall–Kier alpha value is -5.72. The van der Waals surface area contributed by atoms with Crippen molar-refractivity contribution in [3.8, 4) is 0 Å². The zero-order chi connectivity index (χ0) is 45.1. The van der Waals surface area contributed by atoms with Gasteiger partial charge >= 0.3 is 12.2 Å². The number of unbranched alkanes of at least 4 members (excludes halogenated alkanes) is 2. The average molecular weight is 885 g/mol. The Balaban J connectivity index is 2.26. The van der Waals surface area contributed by atoms with Crippen LogP contribution in [0.3, 0.4) is 0 Å².